The number of hydrogen-bond donors (Lipinski definition) is 1. The van der Waals surface area contributed by atoms with E-state index in [2.05, 4.69) is 33.6 Å². The second-order valence-electron chi connectivity index (χ2n) is 6.91. The van der Waals surface area contributed by atoms with Crippen molar-refractivity contribution in [2.24, 2.45) is 7.05 Å². The Morgan fingerprint density at radius 2 is 1.87 bits per heavy atom. The maximum absolute atomic E-state index is 10.0. The van der Waals surface area contributed by atoms with Gasteiger partial charge in [-0.2, -0.15) is 0 Å². The lowest BCUT2D eigenvalue weighted by Crippen LogP contribution is -2.45. The lowest BCUT2D eigenvalue weighted by molar-refractivity contribution is 0.126. The lowest BCUT2D eigenvalue weighted by Gasteiger charge is -2.38. The monoisotopic (exact) mass is 308 g/mol. The lowest BCUT2D eigenvalue weighted by atomic mass is 10.00. The molecule has 2 saturated heterocycles. The standard InChI is InChI=1S/C18H20N4O/c1-21-16-6-7-19-10-15(16)14-4-5-17(20-18(14)21)22-11-2-3-12(22)9-13(23)8-11/h4-7,10-13,23H,2-3,8-9H2,1H3. The van der Waals surface area contributed by atoms with E-state index in [1.807, 2.05) is 18.5 Å². The number of aromatic nitrogens is 3. The van der Waals surface area contributed by atoms with Gasteiger partial charge in [0.25, 0.3) is 0 Å². The Kier molecular flexibility index (Phi) is 2.71. The van der Waals surface area contributed by atoms with Gasteiger partial charge in [0.1, 0.15) is 11.5 Å². The number of rotatable bonds is 1. The number of hydrogen-bond acceptors (Lipinski definition) is 4. The summed E-state index contributed by atoms with van der Waals surface area (Å²) in [4.78, 5) is 11.7. The van der Waals surface area contributed by atoms with Gasteiger partial charge in [0.05, 0.1) is 11.6 Å². The van der Waals surface area contributed by atoms with Crippen molar-refractivity contribution in [3.05, 3.63) is 30.6 Å². The largest absolute Gasteiger partial charge is 0.393 e. The topological polar surface area (TPSA) is 54.2 Å². The van der Waals surface area contributed by atoms with Gasteiger partial charge in [-0.1, -0.05) is 0 Å². The molecule has 5 heterocycles. The summed E-state index contributed by atoms with van der Waals surface area (Å²) in [5, 5.41) is 12.3. The number of aliphatic hydroxyl groups excluding tert-OH is 1. The van der Waals surface area contributed by atoms with Crippen LogP contribution in [0.3, 0.4) is 0 Å². The highest BCUT2D eigenvalue weighted by Gasteiger charge is 2.40. The third-order valence-corrected chi connectivity index (χ3v) is 5.60. The molecular weight excluding hydrogens is 288 g/mol. The van der Waals surface area contributed by atoms with Crippen LogP contribution in [-0.2, 0) is 7.05 Å². The Morgan fingerprint density at radius 3 is 2.65 bits per heavy atom. The third kappa shape index (κ3) is 1.83. The molecular formula is C18H20N4O. The van der Waals surface area contributed by atoms with E-state index in [-0.39, 0.29) is 6.10 Å². The first-order valence-corrected chi connectivity index (χ1v) is 8.38. The van der Waals surface area contributed by atoms with Gasteiger partial charge < -0.3 is 14.6 Å². The molecule has 2 atom stereocenters. The fourth-order valence-electron chi connectivity index (χ4n) is 4.57. The Morgan fingerprint density at radius 1 is 1.09 bits per heavy atom. The molecule has 2 fully saturated rings. The van der Waals surface area contributed by atoms with Gasteiger partial charge in [-0.3, -0.25) is 4.98 Å². The first-order chi connectivity index (χ1) is 11.2. The van der Waals surface area contributed by atoms with Crippen LogP contribution in [0.2, 0.25) is 0 Å². The number of nitrogens with zero attached hydrogens (tertiary/aromatic N) is 4. The van der Waals surface area contributed by atoms with Crippen LogP contribution in [0.25, 0.3) is 21.9 Å². The molecule has 23 heavy (non-hydrogen) atoms. The van der Waals surface area contributed by atoms with Crippen molar-refractivity contribution < 1.29 is 5.11 Å². The molecule has 0 spiro atoms. The van der Waals surface area contributed by atoms with Gasteiger partial charge in [0.15, 0.2) is 0 Å². The SMILES string of the molecule is Cn1c2ccncc2c2ccc(N3C4CCC3CC(O)C4)nc21. The van der Waals surface area contributed by atoms with Crippen molar-refractivity contribution in [3.8, 4) is 0 Å². The number of aryl methyl sites for hydroxylation is 1. The van der Waals surface area contributed by atoms with Gasteiger partial charge >= 0.3 is 0 Å². The summed E-state index contributed by atoms with van der Waals surface area (Å²) >= 11 is 0. The average molecular weight is 308 g/mol. The van der Waals surface area contributed by atoms with Crippen LogP contribution in [0.5, 0.6) is 0 Å². The van der Waals surface area contributed by atoms with Crippen LogP contribution >= 0.6 is 0 Å². The molecule has 2 bridgehead atoms. The number of pyridine rings is 2. The molecule has 2 aliphatic rings. The summed E-state index contributed by atoms with van der Waals surface area (Å²) in [6, 6.07) is 7.22. The van der Waals surface area contributed by atoms with E-state index in [1.165, 1.54) is 12.8 Å². The number of fused-ring (bicyclic) bond motifs is 5. The van der Waals surface area contributed by atoms with E-state index in [0.29, 0.717) is 12.1 Å². The Labute approximate surface area is 134 Å². The van der Waals surface area contributed by atoms with E-state index in [4.69, 9.17) is 4.98 Å². The molecule has 5 nitrogen and oxygen atoms in total. The van der Waals surface area contributed by atoms with Gasteiger partial charge in [0.2, 0.25) is 0 Å². The first-order valence-electron chi connectivity index (χ1n) is 8.38. The van der Waals surface area contributed by atoms with Crippen LogP contribution in [0.1, 0.15) is 25.7 Å². The van der Waals surface area contributed by atoms with E-state index in [0.717, 1.165) is 40.6 Å². The molecule has 5 heteroatoms. The van der Waals surface area contributed by atoms with Gasteiger partial charge in [0, 0.05) is 42.3 Å². The van der Waals surface area contributed by atoms with Crippen LogP contribution in [-0.4, -0.2) is 37.8 Å². The van der Waals surface area contributed by atoms with Crippen LogP contribution in [0.4, 0.5) is 5.82 Å². The predicted molar refractivity (Wildman–Crippen MR) is 90.5 cm³/mol. The summed E-state index contributed by atoms with van der Waals surface area (Å²) in [6.45, 7) is 0. The van der Waals surface area contributed by atoms with E-state index in [9.17, 15) is 5.11 Å². The van der Waals surface area contributed by atoms with E-state index < -0.39 is 0 Å². The van der Waals surface area contributed by atoms with Crippen molar-refractivity contribution in [1.29, 1.82) is 0 Å². The highest BCUT2D eigenvalue weighted by atomic mass is 16.3. The minimum atomic E-state index is -0.142. The number of piperidine rings is 1. The molecule has 1 N–H and O–H groups in total. The molecule has 0 amide bonds. The normalized spacial score (nSPS) is 27.2. The first kappa shape index (κ1) is 13.3. The third-order valence-electron chi connectivity index (χ3n) is 5.60. The van der Waals surface area contributed by atoms with Crippen molar-refractivity contribution in [2.75, 3.05) is 4.90 Å². The van der Waals surface area contributed by atoms with Gasteiger partial charge in [-0.15, -0.1) is 0 Å². The number of anilines is 1. The quantitative estimate of drug-likeness (QED) is 0.751. The van der Waals surface area contributed by atoms with Crippen molar-refractivity contribution in [3.63, 3.8) is 0 Å². The van der Waals surface area contributed by atoms with E-state index in [1.54, 1.807) is 0 Å². The summed E-state index contributed by atoms with van der Waals surface area (Å²) in [6.07, 6.45) is 7.68. The molecule has 118 valence electrons. The molecule has 3 aromatic rings. The summed E-state index contributed by atoms with van der Waals surface area (Å²) in [5.74, 6) is 1.05. The molecule has 0 radical (unpaired) electrons. The van der Waals surface area contributed by atoms with Crippen LogP contribution in [0.15, 0.2) is 30.6 Å². The minimum Gasteiger partial charge on any atom is -0.393 e. The van der Waals surface area contributed by atoms with Crippen LogP contribution < -0.4 is 4.90 Å². The van der Waals surface area contributed by atoms with Crippen molar-refractivity contribution in [2.45, 2.75) is 43.9 Å². The maximum atomic E-state index is 10.0. The molecule has 0 aliphatic carbocycles. The Hall–Kier alpha value is -2.14. The summed E-state index contributed by atoms with van der Waals surface area (Å²) in [5.41, 5.74) is 2.17. The molecule has 2 aliphatic heterocycles. The zero-order valence-corrected chi connectivity index (χ0v) is 13.2. The molecule has 0 aromatic carbocycles. The zero-order chi connectivity index (χ0) is 15.6. The smallest absolute Gasteiger partial charge is 0.143 e. The minimum absolute atomic E-state index is 0.142. The van der Waals surface area contributed by atoms with Crippen molar-refractivity contribution >= 4 is 27.8 Å². The van der Waals surface area contributed by atoms with E-state index >= 15 is 0 Å². The molecule has 2 unspecified atom stereocenters. The van der Waals surface area contributed by atoms with Crippen LogP contribution in [0, 0.1) is 0 Å². The second-order valence-corrected chi connectivity index (χ2v) is 6.91. The highest BCUT2D eigenvalue weighted by molar-refractivity contribution is 6.06. The maximum Gasteiger partial charge on any atom is 0.143 e. The highest BCUT2D eigenvalue weighted by Crippen LogP contribution is 2.39. The molecule has 3 aromatic heterocycles. The Balaban J connectivity index is 1.66. The second kappa shape index (κ2) is 4.68. The predicted octanol–water partition coefficient (Wildman–Crippen LogP) is 2.61. The van der Waals surface area contributed by atoms with Gasteiger partial charge in [-0.25, -0.2) is 4.98 Å². The Bertz CT molecular complexity index is 889. The zero-order valence-electron chi connectivity index (χ0n) is 13.2. The van der Waals surface area contributed by atoms with Crippen molar-refractivity contribution in [1.82, 2.24) is 14.5 Å². The molecule has 0 saturated carbocycles. The van der Waals surface area contributed by atoms with Gasteiger partial charge in [-0.05, 0) is 43.9 Å². The summed E-state index contributed by atoms with van der Waals surface area (Å²) < 4.78 is 2.15. The number of aliphatic hydroxyl groups is 1. The fourth-order valence-corrected chi connectivity index (χ4v) is 4.57. The molecule has 5 rings (SSSR count). The fraction of sp³-hybridized carbons (Fsp3) is 0.444. The average Bonchev–Trinajstić information content (AvgIpc) is 3.00. The summed E-state index contributed by atoms with van der Waals surface area (Å²) in [7, 11) is 2.07.